The van der Waals surface area contributed by atoms with Crippen molar-refractivity contribution >= 4 is 16.0 Å². The van der Waals surface area contributed by atoms with Crippen molar-refractivity contribution in [1.82, 2.24) is 14.7 Å². The SMILES string of the molecule is CCC1(CNS(=O)(=O)c2cnc(N)nc2)CCCC1. The van der Waals surface area contributed by atoms with Crippen molar-refractivity contribution in [3.8, 4) is 0 Å². The minimum absolute atomic E-state index is 0.0611. The molecule has 7 heteroatoms. The monoisotopic (exact) mass is 284 g/mol. The van der Waals surface area contributed by atoms with E-state index in [1.165, 1.54) is 25.2 Å². The Morgan fingerprint density at radius 2 is 1.89 bits per heavy atom. The van der Waals surface area contributed by atoms with E-state index in [2.05, 4.69) is 21.6 Å². The summed E-state index contributed by atoms with van der Waals surface area (Å²) in [7, 11) is -3.54. The molecule has 0 radical (unpaired) electrons. The Morgan fingerprint density at radius 3 is 2.42 bits per heavy atom. The lowest BCUT2D eigenvalue weighted by atomic mass is 9.84. The van der Waals surface area contributed by atoms with Gasteiger partial charge in [-0.15, -0.1) is 0 Å². The fraction of sp³-hybridized carbons (Fsp3) is 0.667. The van der Waals surface area contributed by atoms with Crippen LogP contribution in [0.4, 0.5) is 5.95 Å². The number of anilines is 1. The Kier molecular flexibility index (Phi) is 4.05. The first-order valence-corrected chi connectivity index (χ1v) is 8.03. The zero-order valence-electron chi connectivity index (χ0n) is 11.1. The van der Waals surface area contributed by atoms with Crippen LogP contribution in [0.25, 0.3) is 0 Å². The van der Waals surface area contributed by atoms with E-state index in [4.69, 9.17) is 5.73 Å². The van der Waals surface area contributed by atoms with Crippen LogP contribution in [-0.2, 0) is 10.0 Å². The van der Waals surface area contributed by atoms with Crippen LogP contribution >= 0.6 is 0 Å². The minimum atomic E-state index is -3.54. The summed E-state index contributed by atoms with van der Waals surface area (Å²) in [6, 6.07) is 0. The first kappa shape index (κ1) is 14.2. The molecule has 2 rings (SSSR count). The molecule has 0 aromatic carbocycles. The first-order valence-electron chi connectivity index (χ1n) is 6.55. The second-order valence-electron chi connectivity index (χ2n) is 5.16. The van der Waals surface area contributed by atoms with Crippen LogP contribution in [0.1, 0.15) is 39.0 Å². The summed E-state index contributed by atoms with van der Waals surface area (Å²) in [5.41, 5.74) is 5.46. The maximum absolute atomic E-state index is 12.1. The van der Waals surface area contributed by atoms with Crippen molar-refractivity contribution in [3.05, 3.63) is 12.4 Å². The first-order chi connectivity index (χ1) is 8.97. The highest BCUT2D eigenvalue weighted by molar-refractivity contribution is 7.89. The van der Waals surface area contributed by atoms with Crippen molar-refractivity contribution in [2.75, 3.05) is 12.3 Å². The molecule has 0 amide bonds. The van der Waals surface area contributed by atoms with Crippen LogP contribution in [-0.4, -0.2) is 24.9 Å². The van der Waals surface area contributed by atoms with Gasteiger partial charge in [-0.3, -0.25) is 0 Å². The summed E-state index contributed by atoms with van der Waals surface area (Å²) in [5, 5.41) is 0. The molecule has 6 nitrogen and oxygen atoms in total. The molecule has 3 N–H and O–H groups in total. The van der Waals surface area contributed by atoms with Gasteiger partial charge < -0.3 is 5.73 Å². The van der Waals surface area contributed by atoms with Gasteiger partial charge in [-0.25, -0.2) is 23.1 Å². The van der Waals surface area contributed by atoms with E-state index in [-0.39, 0.29) is 16.3 Å². The number of nitrogen functional groups attached to an aromatic ring is 1. The van der Waals surface area contributed by atoms with Crippen molar-refractivity contribution in [2.45, 2.75) is 43.9 Å². The quantitative estimate of drug-likeness (QED) is 0.849. The molecule has 0 aliphatic heterocycles. The van der Waals surface area contributed by atoms with Gasteiger partial charge in [0.15, 0.2) is 0 Å². The lowest BCUT2D eigenvalue weighted by molar-refractivity contribution is 0.285. The van der Waals surface area contributed by atoms with Gasteiger partial charge in [-0.2, -0.15) is 0 Å². The molecular weight excluding hydrogens is 264 g/mol. The third kappa shape index (κ3) is 3.22. The number of hydrogen-bond acceptors (Lipinski definition) is 5. The summed E-state index contributed by atoms with van der Waals surface area (Å²) < 4.78 is 26.9. The van der Waals surface area contributed by atoms with Crippen LogP contribution in [0.5, 0.6) is 0 Å². The van der Waals surface area contributed by atoms with E-state index in [1.54, 1.807) is 0 Å². The highest BCUT2D eigenvalue weighted by atomic mass is 32.2. The number of nitrogens with one attached hydrogen (secondary N) is 1. The summed E-state index contributed by atoms with van der Waals surface area (Å²) in [4.78, 5) is 7.48. The van der Waals surface area contributed by atoms with E-state index < -0.39 is 10.0 Å². The average Bonchev–Trinajstić information content (AvgIpc) is 2.87. The van der Waals surface area contributed by atoms with Gasteiger partial charge in [0, 0.05) is 6.54 Å². The highest BCUT2D eigenvalue weighted by Crippen LogP contribution is 2.40. The fourth-order valence-corrected chi connectivity index (χ4v) is 3.62. The molecule has 1 saturated carbocycles. The summed E-state index contributed by atoms with van der Waals surface area (Å²) in [6.07, 6.45) is 8.00. The van der Waals surface area contributed by atoms with Crippen LogP contribution in [0.15, 0.2) is 17.3 Å². The van der Waals surface area contributed by atoms with Gasteiger partial charge in [-0.05, 0) is 24.7 Å². The van der Waals surface area contributed by atoms with E-state index in [1.807, 2.05) is 0 Å². The Hall–Kier alpha value is -1.21. The van der Waals surface area contributed by atoms with Crippen LogP contribution < -0.4 is 10.5 Å². The number of nitrogens with two attached hydrogens (primary N) is 1. The lowest BCUT2D eigenvalue weighted by Gasteiger charge is -2.27. The molecule has 1 aliphatic carbocycles. The van der Waals surface area contributed by atoms with Crippen molar-refractivity contribution in [1.29, 1.82) is 0 Å². The van der Waals surface area contributed by atoms with Crippen molar-refractivity contribution in [3.63, 3.8) is 0 Å². The molecule has 19 heavy (non-hydrogen) atoms. The van der Waals surface area contributed by atoms with E-state index >= 15 is 0 Å². The topological polar surface area (TPSA) is 98.0 Å². The zero-order chi connectivity index (χ0) is 13.9. The van der Waals surface area contributed by atoms with Gasteiger partial charge in [-0.1, -0.05) is 19.8 Å². The largest absolute Gasteiger partial charge is 0.368 e. The third-order valence-corrected chi connectivity index (χ3v) is 5.37. The van der Waals surface area contributed by atoms with E-state index in [0.717, 1.165) is 19.3 Å². The molecule has 106 valence electrons. The zero-order valence-corrected chi connectivity index (χ0v) is 11.9. The van der Waals surface area contributed by atoms with Crippen LogP contribution in [0, 0.1) is 5.41 Å². The van der Waals surface area contributed by atoms with E-state index in [9.17, 15) is 8.42 Å². The van der Waals surface area contributed by atoms with Gasteiger partial charge in [0.05, 0.1) is 12.4 Å². The molecule has 0 saturated heterocycles. The molecule has 1 fully saturated rings. The van der Waals surface area contributed by atoms with Crippen molar-refractivity contribution < 1.29 is 8.42 Å². The molecule has 1 heterocycles. The number of hydrogen-bond donors (Lipinski definition) is 2. The molecule has 1 aromatic rings. The van der Waals surface area contributed by atoms with Crippen molar-refractivity contribution in [2.24, 2.45) is 5.41 Å². The average molecular weight is 284 g/mol. The Bertz CT molecular complexity index is 521. The van der Waals surface area contributed by atoms with E-state index in [0.29, 0.717) is 6.54 Å². The standard InChI is InChI=1S/C12H20N4O2S/c1-2-12(5-3-4-6-12)9-16-19(17,18)10-7-14-11(13)15-8-10/h7-8,16H,2-6,9H2,1H3,(H2,13,14,15). The fourth-order valence-electron chi connectivity index (χ4n) is 2.58. The number of aromatic nitrogens is 2. The Morgan fingerprint density at radius 1 is 1.32 bits per heavy atom. The summed E-state index contributed by atoms with van der Waals surface area (Å²) in [5.74, 6) is 0.0692. The second kappa shape index (κ2) is 5.42. The molecule has 0 bridgehead atoms. The predicted molar refractivity (Wildman–Crippen MR) is 72.8 cm³/mol. The normalized spacial score (nSPS) is 18.6. The smallest absolute Gasteiger partial charge is 0.243 e. The number of sulfonamides is 1. The minimum Gasteiger partial charge on any atom is -0.368 e. The highest BCUT2D eigenvalue weighted by Gasteiger charge is 2.33. The Labute approximate surface area is 113 Å². The number of nitrogens with zero attached hydrogens (tertiary/aromatic N) is 2. The van der Waals surface area contributed by atoms with Gasteiger partial charge >= 0.3 is 0 Å². The van der Waals surface area contributed by atoms with Gasteiger partial charge in [0.25, 0.3) is 0 Å². The van der Waals surface area contributed by atoms with Gasteiger partial charge in [0.1, 0.15) is 4.90 Å². The maximum atomic E-state index is 12.1. The lowest BCUT2D eigenvalue weighted by Crippen LogP contribution is -2.35. The summed E-state index contributed by atoms with van der Waals surface area (Å²) in [6.45, 7) is 2.60. The molecular formula is C12H20N4O2S. The second-order valence-corrected chi connectivity index (χ2v) is 6.93. The van der Waals surface area contributed by atoms with Crippen LogP contribution in [0.3, 0.4) is 0 Å². The molecule has 0 spiro atoms. The molecule has 0 atom stereocenters. The Balaban J connectivity index is 2.07. The van der Waals surface area contributed by atoms with Gasteiger partial charge in [0.2, 0.25) is 16.0 Å². The maximum Gasteiger partial charge on any atom is 0.243 e. The molecule has 1 aromatic heterocycles. The van der Waals surface area contributed by atoms with Crippen LogP contribution in [0.2, 0.25) is 0 Å². The predicted octanol–water partition coefficient (Wildman–Crippen LogP) is 1.31. The summed E-state index contributed by atoms with van der Waals surface area (Å²) >= 11 is 0. The number of rotatable bonds is 5. The molecule has 0 unspecified atom stereocenters. The molecule has 1 aliphatic rings. The third-order valence-electron chi connectivity index (χ3n) is 4.01.